The van der Waals surface area contributed by atoms with Crippen LogP contribution in [0.15, 0.2) is 61.2 Å². The van der Waals surface area contributed by atoms with Crippen molar-refractivity contribution in [1.82, 2.24) is 24.3 Å². The van der Waals surface area contributed by atoms with Crippen LogP contribution < -0.4 is 10.5 Å². The lowest BCUT2D eigenvalue weighted by molar-refractivity contribution is 0.0898. The van der Waals surface area contributed by atoms with Gasteiger partial charge in [0.2, 0.25) is 0 Å². The van der Waals surface area contributed by atoms with E-state index >= 15 is 0 Å². The number of nitrogen functional groups attached to an aromatic ring is 1. The van der Waals surface area contributed by atoms with Crippen molar-refractivity contribution in [1.29, 1.82) is 0 Å². The van der Waals surface area contributed by atoms with Crippen molar-refractivity contribution in [3.05, 3.63) is 72.6 Å². The highest BCUT2D eigenvalue weighted by Crippen LogP contribution is 2.33. The Labute approximate surface area is 215 Å². The van der Waals surface area contributed by atoms with Crippen LogP contribution in [0.2, 0.25) is 25.7 Å². The molecule has 0 saturated carbocycles. The van der Waals surface area contributed by atoms with Crippen LogP contribution in [0.4, 0.5) is 10.2 Å². The molecule has 3 heterocycles. The van der Waals surface area contributed by atoms with Crippen molar-refractivity contribution in [3.8, 4) is 11.4 Å². The first kappa shape index (κ1) is 24.9. The zero-order valence-electron chi connectivity index (χ0n) is 21.5. The van der Waals surface area contributed by atoms with Gasteiger partial charge in [0.25, 0.3) is 0 Å². The van der Waals surface area contributed by atoms with Crippen LogP contribution in [0.25, 0.3) is 27.6 Å². The first-order valence-corrected chi connectivity index (χ1v) is 16.0. The molecule has 5 aromatic rings. The van der Waals surface area contributed by atoms with Crippen LogP contribution in [0.1, 0.15) is 18.6 Å². The lowest BCUT2D eigenvalue weighted by Gasteiger charge is -2.20. The molecule has 0 fully saturated rings. The van der Waals surface area contributed by atoms with Crippen LogP contribution in [-0.2, 0) is 11.5 Å². The first-order chi connectivity index (χ1) is 17.7. The van der Waals surface area contributed by atoms with Crippen molar-refractivity contribution in [2.24, 2.45) is 0 Å². The highest BCUT2D eigenvalue weighted by molar-refractivity contribution is 6.76. The molecule has 2 N–H and O–H groups in total. The monoisotopic (exact) mass is 518 g/mol. The number of nitrogens with zero attached hydrogens (tertiary/aromatic N) is 5. The molecule has 3 aromatic heterocycles. The lowest BCUT2D eigenvalue weighted by Crippen LogP contribution is -2.22. The van der Waals surface area contributed by atoms with E-state index in [1.165, 1.54) is 12.1 Å². The van der Waals surface area contributed by atoms with Gasteiger partial charge >= 0.3 is 0 Å². The number of pyridine rings is 1. The Morgan fingerprint density at radius 2 is 1.95 bits per heavy atom. The van der Waals surface area contributed by atoms with Gasteiger partial charge in [0.15, 0.2) is 11.6 Å². The number of aromatic nitrogens is 5. The topological polar surface area (TPSA) is 93.0 Å². The van der Waals surface area contributed by atoms with Gasteiger partial charge in [-0.1, -0.05) is 19.6 Å². The third-order valence-electron chi connectivity index (χ3n) is 6.26. The number of anilines is 1. The van der Waals surface area contributed by atoms with Gasteiger partial charge in [0.1, 0.15) is 18.7 Å². The molecule has 10 heteroatoms. The van der Waals surface area contributed by atoms with E-state index in [1.54, 1.807) is 29.3 Å². The third-order valence-corrected chi connectivity index (χ3v) is 7.96. The van der Waals surface area contributed by atoms with E-state index < -0.39 is 14.2 Å². The van der Waals surface area contributed by atoms with Crippen LogP contribution >= 0.6 is 0 Å². The molecule has 0 saturated heterocycles. The van der Waals surface area contributed by atoms with Gasteiger partial charge < -0.3 is 19.8 Å². The van der Waals surface area contributed by atoms with E-state index in [1.807, 2.05) is 29.8 Å². The Bertz CT molecular complexity index is 1540. The van der Waals surface area contributed by atoms with E-state index in [0.717, 1.165) is 34.9 Å². The second kappa shape index (κ2) is 9.95. The Kier molecular flexibility index (Phi) is 6.70. The van der Waals surface area contributed by atoms with Crippen molar-refractivity contribution >= 4 is 35.8 Å². The van der Waals surface area contributed by atoms with Gasteiger partial charge in [-0.25, -0.2) is 19.0 Å². The largest absolute Gasteiger partial charge is 0.482 e. The van der Waals surface area contributed by atoms with E-state index in [9.17, 15) is 4.39 Å². The minimum atomic E-state index is -1.17. The molecule has 37 heavy (non-hydrogen) atoms. The first-order valence-electron chi connectivity index (χ1n) is 12.3. The molecular weight excluding hydrogens is 487 g/mol. The second-order valence-corrected chi connectivity index (χ2v) is 16.0. The number of hydrogen-bond donors (Lipinski definition) is 1. The molecule has 8 nitrogen and oxygen atoms in total. The van der Waals surface area contributed by atoms with Crippen molar-refractivity contribution in [2.75, 3.05) is 12.3 Å². The predicted octanol–water partition coefficient (Wildman–Crippen LogP) is 5.94. The highest BCUT2D eigenvalue weighted by atomic mass is 28.3. The fourth-order valence-electron chi connectivity index (χ4n) is 4.18. The summed E-state index contributed by atoms with van der Waals surface area (Å²) in [5.74, 6) is 0.290. The molecule has 0 aliphatic heterocycles. The number of halogens is 1. The number of nitrogens with two attached hydrogens (primary N) is 1. The summed E-state index contributed by atoms with van der Waals surface area (Å²) in [7, 11) is -1.17. The number of ether oxygens (including phenoxy) is 2. The zero-order chi connectivity index (χ0) is 26.2. The molecule has 0 bridgehead atoms. The maximum Gasteiger partial charge on any atom is 0.166 e. The maximum atomic E-state index is 13.8. The van der Waals surface area contributed by atoms with E-state index in [2.05, 4.69) is 40.8 Å². The molecular formula is C27H31FN6O2Si. The molecule has 0 aliphatic carbocycles. The normalized spacial score (nSPS) is 12.9. The zero-order valence-corrected chi connectivity index (χ0v) is 22.5. The van der Waals surface area contributed by atoms with Gasteiger partial charge in [0, 0.05) is 38.0 Å². The fraction of sp³-hybridized carbons (Fsp3) is 0.296. The summed E-state index contributed by atoms with van der Waals surface area (Å²) in [6.45, 7) is 10.1. The summed E-state index contributed by atoms with van der Waals surface area (Å²) in [4.78, 5) is 8.99. The second-order valence-electron chi connectivity index (χ2n) is 10.4. The molecule has 192 valence electrons. The van der Waals surface area contributed by atoms with Gasteiger partial charge in [-0.15, -0.1) is 0 Å². The lowest BCUT2D eigenvalue weighted by atomic mass is 10.1. The Morgan fingerprint density at radius 3 is 2.70 bits per heavy atom. The summed E-state index contributed by atoms with van der Waals surface area (Å²) in [5.41, 5.74) is 10.3. The third kappa shape index (κ3) is 5.49. The summed E-state index contributed by atoms with van der Waals surface area (Å²) >= 11 is 0. The maximum absolute atomic E-state index is 13.8. The highest BCUT2D eigenvalue weighted by Gasteiger charge is 2.20. The summed E-state index contributed by atoms with van der Waals surface area (Å²) in [5, 5.41) is 5.05. The van der Waals surface area contributed by atoms with Gasteiger partial charge in [0.05, 0.1) is 28.6 Å². The van der Waals surface area contributed by atoms with Crippen molar-refractivity contribution in [3.63, 3.8) is 0 Å². The van der Waals surface area contributed by atoms with E-state index in [-0.39, 0.29) is 11.6 Å². The Balaban J connectivity index is 1.48. The van der Waals surface area contributed by atoms with Gasteiger partial charge in [-0.05, 0) is 55.4 Å². The Hall–Kier alpha value is -3.76. The average molecular weight is 519 g/mol. The molecule has 5 rings (SSSR count). The molecule has 1 unspecified atom stereocenters. The molecule has 0 spiro atoms. The van der Waals surface area contributed by atoms with Gasteiger partial charge in [-0.2, -0.15) is 5.10 Å². The van der Waals surface area contributed by atoms with Crippen molar-refractivity contribution < 1.29 is 13.9 Å². The van der Waals surface area contributed by atoms with Crippen LogP contribution in [0, 0.1) is 5.82 Å². The average Bonchev–Trinajstić information content (AvgIpc) is 3.51. The number of hydrogen-bond acceptors (Lipinski definition) is 6. The fourth-order valence-corrected chi connectivity index (χ4v) is 4.94. The molecule has 0 aliphatic rings. The molecule has 0 radical (unpaired) electrons. The van der Waals surface area contributed by atoms with Crippen LogP contribution in [0.3, 0.4) is 0 Å². The van der Waals surface area contributed by atoms with Gasteiger partial charge in [-0.3, -0.25) is 0 Å². The minimum absolute atomic E-state index is 0.244. The molecule has 1 atom stereocenters. The number of benzene rings is 2. The Morgan fingerprint density at radius 1 is 1.11 bits per heavy atom. The minimum Gasteiger partial charge on any atom is -0.482 e. The standard InChI is InChI=1S/C27H31FN6O2Si/c1-18(36-26-13-19-12-20(28)6-7-22(19)32-27(26)29)21-14-25-23(15-24(21)34-9-5-8-31-34)30-16-33(25)17-35-10-11-37(2,3)4/h5-9,12-16,18H,10-11,17H2,1-4H3,(H2,29,32). The smallest absolute Gasteiger partial charge is 0.166 e. The summed E-state index contributed by atoms with van der Waals surface area (Å²) < 4.78 is 29.9. The summed E-state index contributed by atoms with van der Waals surface area (Å²) in [6.07, 6.45) is 4.98. The van der Waals surface area contributed by atoms with Crippen LogP contribution in [0.5, 0.6) is 5.75 Å². The quantitative estimate of drug-likeness (QED) is 0.192. The number of rotatable bonds is 9. The molecule has 2 aromatic carbocycles. The van der Waals surface area contributed by atoms with E-state index in [0.29, 0.717) is 23.4 Å². The number of imidazole rings is 1. The SMILES string of the molecule is CC(Oc1cc2cc(F)ccc2nc1N)c1cc2c(cc1-n1cccn1)ncn2COCC[Si](C)(C)C. The molecule has 0 amide bonds. The summed E-state index contributed by atoms with van der Waals surface area (Å²) in [6, 6.07) is 13.1. The predicted molar refractivity (Wildman–Crippen MR) is 146 cm³/mol. The number of fused-ring (bicyclic) bond motifs is 2. The van der Waals surface area contributed by atoms with E-state index in [4.69, 9.17) is 15.2 Å². The van der Waals surface area contributed by atoms with Crippen molar-refractivity contribution in [2.45, 2.75) is 45.4 Å². The van der Waals surface area contributed by atoms with Crippen LogP contribution in [-0.4, -0.2) is 39.0 Å².